The molecule has 1 aliphatic carbocycles. The fourth-order valence-electron chi connectivity index (χ4n) is 3.39. The monoisotopic (exact) mass is 347 g/mol. The Morgan fingerprint density at radius 2 is 1.31 bits per heavy atom. The minimum atomic E-state index is -0.234. The number of carbonyl (C=O) groups is 2. The molecule has 1 amide bonds. The number of rotatable bonds is 4. The van der Waals surface area contributed by atoms with E-state index in [1.54, 1.807) is 26.4 Å². The van der Waals surface area contributed by atoms with Gasteiger partial charge in [0.15, 0.2) is 5.78 Å². The lowest BCUT2D eigenvalue weighted by atomic mass is 10.0. The van der Waals surface area contributed by atoms with Crippen molar-refractivity contribution in [2.24, 2.45) is 0 Å². The van der Waals surface area contributed by atoms with Gasteiger partial charge in [-0.05, 0) is 53.1 Å². The van der Waals surface area contributed by atoms with Gasteiger partial charge in [0.25, 0.3) is 5.91 Å². The number of carbonyl (C=O) groups excluding carboxylic acids is 2. The van der Waals surface area contributed by atoms with Crippen molar-refractivity contribution in [3.8, 4) is 11.5 Å². The minimum absolute atomic E-state index is 0.0463. The quantitative estimate of drug-likeness (QED) is 0.923. The van der Waals surface area contributed by atoms with Crippen LogP contribution in [0.2, 0.25) is 0 Å². The third kappa shape index (κ3) is 2.49. The van der Waals surface area contributed by atoms with Crippen molar-refractivity contribution < 1.29 is 19.1 Å². The van der Waals surface area contributed by atoms with Gasteiger partial charge in [-0.2, -0.15) is 0 Å². The number of ether oxygens (including phenoxy) is 2. The van der Waals surface area contributed by atoms with Crippen LogP contribution < -0.4 is 14.8 Å². The van der Waals surface area contributed by atoms with Crippen molar-refractivity contribution in [1.82, 2.24) is 5.32 Å². The van der Waals surface area contributed by atoms with Crippen LogP contribution in [0.3, 0.4) is 0 Å². The van der Waals surface area contributed by atoms with Crippen molar-refractivity contribution in [3.63, 3.8) is 0 Å². The van der Waals surface area contributed by atoms with Crippen LogP contribution in [0.1, 0.15) is 17.5 Å². The van der Waals surface area contributed by atoms with E-state index in [4.69, 9.17) is 9.47 Å². The molecule has 0 radical (unpaired) electrons. The Morgan fingerprint density at radius 3 is 1.85 bits per heavy atom. The van der Waals surface area contributed by atoms with E-state index < -0.39 is 0 Å². The van der Waals surface area contributed by atoms with Crippen molar-refractivity contribution in [2.75, 3.05) is 14.2 Å². The van der Waals surface area contributed by atoms with Gasteiger partial charge < -0.3 is 14.8 Å². The number of allylic oxidation sites excluding steroid dienone is 1. The van der Waals surface area contributed by atoms with E-state index in [9.17, 15) is 9.59 Å². The minimum Gasteiger partial charge on any atom is -0.497 e. The molecule has 1 N–H and O–H groups in total. The summed E-state index contributed by atoms with van der Waals surface area (Å²) in [6, 6.07) is 14.7. The molecule has 5 heteroatoms. The van der Waals surface area contributed by atoms with Crippen LogP contribution in [0.5, 0.6) is 11.5 Å². The van der Waals surface area contributed by atoms with Gasteiger partial charge in [-0.25, -0.2) is 0 Å². The highest BCUT2D eigenvalue weighted by molar-refractivity contribution is 6.31. The Hall–Kier alpha value is -3.34. The first-order valence-electron chi connectivity index (χ1n) is 8.23. The standard InChI is InChI=1S/C21H17NO4/c1-25-14-7-3-12(4-8-14)16-11-17(23)19-18(16)21(24)22-20(19)13-5-9-15(26-2)10-6-13/h3-10H,11H2,1-2H3,(H,22,24). The molecule has 2 aliphatic rings. The number of fused-ring (bicyclic) bond motifs is 1. The molecule has 0 fully saturated rings. The molecule has 0 aromatic heterocycles. The molecule has 2 aromatic carbocycles. The SMILES string of the molecule is COc1ccc(C2=C3C(=O)NC(c4ccc(OC)cc4)=C3C(=O)C2)cc1. The molecule has 0 unspecified atom stereocenters. The van der Waals surface area contributed by atoms with Gasteiger partial charge in [0.05, 0.1) is 31.1 Å². The van der Waals surface area contributed by atoms with Crippen LogP contribution >= 0.6 is 0 Å². The lowest BCUT2D eigenvalue weighted by Crippen LogP contribution is -2.16. The highest BCUT2D eigenvalue weighted by atomic mass is 16.5. The van der Waals surface area contributed by atoms with Gasteiger partial charge in [-0.1, -0.05) is 12.1 Å². The molecule has 26 heavy (non-hydrogen) atoms. The van der Waals surface area contributed by atoms with Crippen LogP contribution in [0.4, 0.5) is 0 Å². The number of benzene rings is 2. The van der Waals surface area contributed by atoms with Crippen LogP contribution in [0.15, 0.2) is 59.7 Å². The van der Waals surface area contributed by atoms with E-state index in [1.807, 2.05) is 36.4 Å². The molecule has 4 rings (SSSR count). The number of ketones is 1. The van der Waals surface area contributed by atoms with E-state index in [1.165, 1.54) is 0 Å². The van der Waals surface area contributed by atoms with Crippen LogP contribution in [0, 0.1) is 0 Å². The fraction of sp³-hybridized carbons (Fsp3) is 0.143. The molecule has 0 atom stereocenters. The number of Topliss-reactive ketones (excluding diaryl/α,β-unsaturated/α-hetero) is 1. The lowest BCUT2D eigenvalue weighted by Gasteiger charge is -2.07. The van der Waals surface area contributed by atoms with E-state index in [2.05, 4.69) is 5.32 Å². The maximum Gasteiger partial charge on any atom is 0.256 e. The lowest BCUT2D eigenvalue weighted by molar-refractivity contribution is -0.116. The zero-order valence-corrected chi connectivity index (χ0v) is 14.5. The Labute approximate surface area is 150 Å². The summed E-state index contributed by atoms with van der Waals surface area (Å²) < 4.78 is 10.3. The van der Waals surface area contributed by atoms with E-state index >= 15 is 0 Å². The maximum atomic E-state index is 12.7. The third-order valence-electron chi connectivity index (χ3n) is 4.70. The zero-order valence-electron chi connectivity index (χ0n) is 14.5. The van der Waals surface area contributed by atoms with E-state index in [0.717, 1.165) is 28.2 Å². The van der Waals surface area contributed by atoms with Gasteiger partial charge in [-0.3, -0.25) is 9.59 Å². The average molecular weight is 347 g/mol. The summed E-state index contributed by atoms with van der Waals surface area (Å²) in [5.74, 6) is 1.17. The topological polar surface area (TPSA) is 64.6 Å². The van der Waals surface area contributed by atoms with Gasteiger partial charge in [0.2, 0.25) is 0 Å². The number of nitrogens with one attached hydrogen (secondary N) is 1. The van der Waals surface area contributed by atoms with Crippen LogP contribution in [-0.4, -0.2) is 25.9 Å². The van der Waals surface area contributed by atoms with Gasteiger partial charge in [0.1, 0.15) is 11.5 Å². The number of amides is 1. The molecule has 1 heterocycles. The summed E-state index contributed by atoms with van der Waals surface area (Å²) in [6.45, 7) is 0. The summed E-state index contributed by atoms with van der Waals surface area (Å²) in [7, 11) is 3.19. The Kier molecular flexibility index (Phi) is 3.84. The molecular weight excluding hydrogens is 330 g/mol. The maximum absolute atomic E-state index is 12.7. The fourth-order valence-corrected chi connectivity index (χ4v) is 3.39. The first kappa shape index (κ1) is 16.1. The second-order valence-electron chi connectivity index (χ2n) is 6.11. The summed E-state index contributed by atoms with van der Waals surface area (Å²) in [4.78, 5) is 25.3. The number of hydrogen-bond acceptors (Lipinski definition) is 4. The molecule has 1 aliphatic heterocycles. The summed E-state index contributed by atoms with van der Waals surface area (Å²) in [5.41, 5.74) is 3.93. The first-order valence-corrected chi connectivity index (χ1v) is 8.23. The Bertz CT molecular complexity index is 885. The number of methoxy groups -OCH3 is 2. The summed E-state index contributed by atoms with van der Waals surface area (Å²) in [5, 5.41) is 2.86. The van der Waals surface area contributed by atoms with Gasteiger partial charge in [0, 0.05) is 6.42 Å². The van der Waals surface area contributed by atoms with Crippen LogP contribution in [0.25, 0.3) is 11.3 Å². The molecule has 5 nitrogen and oxygen atoms in total. The molecule has 2 aromatic rings. The Morgan fingerprint density at radius 1 is 0.769 bits per heavy atom. The zero-order chi connectivity index (χ0) is 18.3. The van der Waals surface area contributed by atoms with Crippen molar-refractivity contribution >= 4 is 23.0 Å². The molecule has 0 saturated carbocycles. The first-order chi connectivity index (χ1) is 12.6. The van der Waals surface area contributed by atoms with Crippen LogP contribution in [-0.2, 0) is 9.59 Å². The molecule has 0 bridgehead atoms. The van der Waals surface area contributed by atoms with Gasteiger partial charge in [-0.15, -0.1) is 0 Å². The highest BCUT2D eigenvalue weighted by Crippen LogP contribution is 2.42. The third-order valence-corrected chi connectivity index (χ3v) is 4.70. The predicted molar refractivity (Wildman–Crippen MR) is 97.6 cm³/mol. The van der Waals surface area contributed by atoms with Crippen molar-refractivity contribution in [1.29, 1.82) is 0 Å². The predicted octanol–water partition coefficient (Wildman–Crippen LogP) is 2.97. The summed E-state index contributed by atoms with van der Waals surface area (Å²) in [6.07, 6.45) is 0.226. The second-order valence-corrected chi connectivity index (χ2v) is 6.11. The highest BCUT2D eigenvalue weighted by Gasteiger charge is 2.40. The second kappa shape index (κ2) is 6.19. The smallest absolute Gasteiger partial charge is 0.256 e. The molecule has 0 saturated heterocycles. The largest absolute Gasteiger partial charge is 0.497 e. The van der Waals surface area contributed by atoms with Crippen molar-refractivity contribution in [3.05, 3.63) is 70.8 Å². The van der Waals surface area contributed by atoms with Gasteiger partial charge >= 0.3 is 0 Å². The normalized spacial score (nSPS) is 16.1. The number of hydrogen-bond donors (Lipinski definition) is 1. The van der Waals surface area contributed by atoms with E-state index in [0.29, 0.717) is 16.8 Å². The average Bonchev–Trinajstić information content (AvgIpc) is 3.21. The Balaban J connectivity index is 1.81. The summed E-state index contributed by atoms with van der Waals surface area (Å²) >= 11 is 0. The van der Waals surface area contributed by atoms with Crippen molar-refractivity contribution in [2.45, 2.75) is 6.42 Å². The van der Waals surface area contributed by atoms with E-state index in [-0.39, 0.29) is 18.1 Å². The molecular formula is C21H17NO4. The molecule has 0 spiro atoms. The molecule has 130 valence electrons.